The van der Waals surface area contributed by atoms with E-state index in [4.69, 9.17) is 60.0 Å². The summed E-state index contributed by atoms with van der Waals surface area (Å²) < 4.78 is 0. The van der Waals surface area contributed by atoms with Crippen molar-refractivity contribution in [3.63, 3.8) is 0 Å². The van der Waals surface area contributed by atoms with Gasteiger partial charge in [-0.3, -0.25) is 14.4 Å². The molecule has 0 radical (unpaired) electrons. The van der Waals surface area contributed by atoms with Crippen LogP contribution in [-0.4, -0.2) is 46.3 Å². The van der Waals surface area contributed by atoms with Crippen LogP contribution in [0.5, 0.6) is 0 Å². The average Bonchev–Trinajstić information content (AvgIpc) is 2.15. The fourth-order valence-corrected chi connectivity index (χ4v) is 0. The molecule has 11 heteroatoms. The number of rotatable bonds is 1. The van der Waals surface area contributed by atoms with Gasteiger partial charge in [0.2, 0.25) is 0 Å². The third-order valence-electron chi connectivity index (χ3n) is 0.167. The van der Waals surface area contributed by atoms with Crippen molar-refractivity contribution >= 4 is 36.7 Å². The second-order valence-corrected chi connectivity index (χ2v) is 5.46. The molecule has 0 aromatic carbocycles. The number of carbonyl (C=O) groups is 3. The van der Waals surface area contributed by atoms with Gasteiger partial charge < -0.3 is 26.8 Å². The van der Waals surface area contributed by atoms with Gasteiger partial charge in [-0.25, -0.2) is 0 Å². The molecule has 0 bridgehead atoms. The Bertz CT molecular complexity index is 167. The van der Waals surface area contributed by atoms with Crippen molar-refractivity contribution in [2.45, 2.75) is 20.8 Å². The van der Waals surface area contributed by atoms with Crippen molar-refractivity contribution in [2.75, 3.05) is 13.1 Å². The van der Waals surface area contributed by atoms with Crippen LogP contribution in [0.15, 0.2) is 0 Å². The molecule has 0 aliphatic rings. The molecular weight excluding hydrogens is 486 g/mol. The van der Waals surface area contributed by atoms with Crippen LogP contribution in [-0.2, 0) is 30.9 Å². The van der Waals surface area contributed by atoms with Crippen LogP contribution in [0.4, 0.5) is 0 Å². The van der Waals surface area contributed by atoms with E-state index in [1.54, 1.807) is 0 Å². The van der Waals surface area contributed by atoms with Gasteiger partial charge in [0, 0.05) is 33.9 Å². The summed E-state index contributed by atoms with van der Waals surface area (Å²) >= 11 is -0.472. The van der Waals surface area contributed by atoms with Crippen molar-refractivity contribution in [1.29, 1.82) is 0 Å². The molecule has 0 unspecified atom stereocenters. The third-order valence-corrected chi connectivity index (χ3v) is 0.167. The van der Waals surface area contributed by atoms with Crippen molar-refractivity contribution in [3.05, 3.63) is 0 Å². The first-order valence-corrected chi connectivity index (χ1v) is 9.97. The summed E-state index contributed by atoms with van der Waals surface area (Å²) in [5, 5.41) is 22.2. The maximum atomic E-state index is 9.00. The van der Waals surface area contributed by atoms with E-state index in [9.17, 15) is 0 Å². The Morgan fingerprint density at radius 2 is 0.895 bits per heavy atom. The SMILES string of the molecule is CC(=O)O.CC(=O)O.CC(=O)O.NCCN.[Cl][Pt][Cl]. The second kappa shape index (κ2) is 36.0. The molecular formula is C8H20Cl2N2O6Pt. The van der Waals surface area contributed by atoms with Gasteiger partial charge in [0.15, 0.2) is 0 Å². The van der Waals surface area contributed by atoms with Crippen LogP contribution >= 0.6 is 18.8 Å². The Hall–Kier alpha value is -0.402. The van der Waals surface area contributed by atoms with E-state index in [1.807, 2.05) is 0 Å². The zero-order valence-corrected chi connectivity index (χ0v) is 14.5. The van der Waals surface area contributed by atoms with Gasteiger partial charge in [0.25, 0.3) is 17.9 Å². The average molecular weight is 506 g/mol. The number of hydrogen-bond acceptors (Lipinski definition) is 5. The topological polar surface area (TPSA) is 164 Å². The van der Waals surface area contributed by atoms with Gasteiger partial charge in [-0.15, -0.1) is 0 Å². The van der Waals surface area contributed by atoms with E-state index in [0.29, 0.717) is 13.1 Å². The van der Waals surface area contributed by atoms with Crippen molar-refractivity contribution in [2.24, 2.45) is 11.5 Å². The molecule has 0 heterocycles. The first kappa shape index (κ1) is 31.1. The standard InChI is InChI=1S/C2H8N2.3C2H4O2.2ClH.Pt/c3-1-2-4;3*1-2(3)4;;;/h1-4H2;3*1H3,(H,3,4);2*1H;/q;;;;;;+2/p-2. The molecule has 0 rings (SSSR count). The predicted octanol–water partition coefficient (Wildman–Crippen LogP) is 0.553. The van der Waals surface area contributed by atoms with Gasteiger partial charge >= 0.3 is 35.3 Å². The minimum atomic E-state index is -0.833. The molecule has 0 saturated heterocycles. The molecule has 0 aromatic heterocycles. The Balaban J connectivity index is -0.0000000432. The molecule has 0 aliphatic heterocycles. The van der Waals surface area contributed by atoms with E-state index >= 15 is 0 Å². The van der Waals surface area contributed by atoms with E-state index in [0.717, 1.165) is 20.8 Å². The van der Waals surface area contributed by atoms with Crippen LogP contribution in [0.1, 0.15) is 20.8 Å². The number of nitrogens with two attached hydrogens (primary N) is 2. The summed E-state index contributed by atoms with van der Waals surface area (Å²) in [6.07, 6.45) is 0. The van der Waals surface area contributed by atoms with Crippen LogP contribution in [0.3, 0.4) is 0 Å². The van der Waals surface area contributed by atoms with E-state index < -0.39 is 34.4 Å². The van der Waals surface area contributed by atoms with Crippen LogP contribution in [0.25, 0.3) is 0 Å². The van der Waals surface area contributed by atoms with Gasteiger partial charge in [-0.05, 0) is 0 Å². The van der Waals surface area contributed by atoms with Crippen LogP contribution < -0.4 is 11.5 Å². The molecule has 8 nitrogen and oxygen atoms in total. The number of carboxylic acids is 3. The number of aliphatic carboxylic acids is 3. The molecule has 0 aromatic rings. The minimum absolute atomic E-state index is 0.472. The van der Waals surface area contributed by atoms with Crippen LogP contribution in [0, 0.1) is 0 Å². The van der Waals surface area contributed by atoms with E-state index in [2.05, 4.69) is 0 Å². The summed E-state index contributed by atoms with van der Waals surface area (Å²) in [5.41, 5.74) is 9.81. The zero-order chi connectivity index (χ0) is 16.9. The number of carboxylic acid groups (broad SMARTS) is 3. The van der Waals surface area contributed by atoms with Gasteiger partial charge in [-0.1, -0.05) is 0 Å². The fourth-order valence-electron chi connectivity index (χ4n) is 0. The molecule has 0 fully saturated rings. The summed E-state index contributed by atoms with van der Waals surface area (Å²) in [6, 6.07) is 0. The molecule has 0 spiro atoms. The summed E-state index contributed by atoms with van der Waals surface area (Å²) in [6.45, 7) is 4.44. The second-order valence-electron chi connectivity index (χ2n) is 2.18. The predicted molar refractivity (Wildman–Crippen MR) is 69.7 cm³/mol. The Kier molecular flexibility index (Phi) is 59.1. The summed E-state index contributed by atoms with van der Waals surface area (Å²) in [4.78, 5) is 27.0. The first-order valence-electron chi connectivity index (χ1n) is 4.34. The maximum absolute atomic E-state index is 9.00. The van der Waals surface area contributed by atoms with Crippen LogP contribution in [0.2, 0.25) is 0 Å². The van der Waals surface area contributed by atoms with Gasteiger partial charge in [0.05, 0.1) is 0 Å². The van der Waals surface area contributed by atoms with Crippen molar-refractivity contribution in [3.8, 4) is 0 Å². The Morgan fingerprint density at radius 1 is 0.842 bits per heavy atom. The quantitative estimate of drug-likeness (QED) is 0.344. The van der Waals surface area contributed by atoms with Gasteiger partial charge in [-0.2, -0.15) is 0 Å². The number of hydrogen-bond donors (Lipinski definition) is 5. The molecule has 19 heavy (non-hydrogen) atoms. The van der Waals surface area contributed by atoms with Crippen molar-refractivity contribution in [1.82, 2.24) is 0 Å². The zero-order valence-electron chi connectivity index (χ0n) is 10.7. The molecule has 0 aliphatic carbocycles. The van der Waals surface area contributed by atoms with Crippen molar-refractivity contribution < 1.29 is 46.2 Å². The number of halogens is 2. The fraction of sp³-hybridized carbons (Fsp3) is 0.625. The molecule has 0 saturated carbocycles. The summed E-state index contributed by atoms with van der Waals surface area (Å²) in [5.74, 6) is -2.50. The normalized spacial score (nSPS) is 6.68. The Labute approximate surface area is 128 Å². The molecule has 0 atom stereocenters. The Morgan fingerprint density at radius 3 is 0.895 bits per heavy atom. The van der Waals surface area contributed by atoms with Gasteiger partial charge in [0.1, 0.15) is 0 Å². The monoisotopic (exact) mass is 505 g/mol. The van der Waals surface area contributed by atoms with E-state index in [1.165, 1.54) is 0 Å². The molecule has 7 N–H and O–H groups in total. The summed E-state index contributed by atoms with van der Waals surface area (Å²) in [7, 11) is 9.75. The molecule has 122 valence electrons. The molecule has 0 amide bonds. The first-order chi connectivity index (χ1) is 8.52. The third kappa shape index (κ3) is 12000. The van der Waals surface area contributed by atoms with E-state index in [-0.39, 0.29) is 0 Å².